The highest BCUT2D eigenvalue weighted by Crippen LogP contribution is 2.24. The van der Waals surface area contributed by atoms with Gasteiger partial charge in [0, 0.05) is 0 Å². The molecule has 0 bridgehead atoms. The smallest absolute Gasteiger partial charge is 0.203 e. The van der Waals surface area contributed by atoms with E-state index in [-0.39, 0.29) is 12.4 Å². The van der Waals surface area contributed by atoms with Gasteiger partial charge in [0.05, 0.1) is 12.7 Å². The number of Topliss-reactive ketones (excluding diaryl/α,β-unsaturated/α-hetero) is 1. The zero-order valence-electron chi connectivity index (χ0n) is 12.9. The maximum Gasteiger partial charge on any atom is 0.203 e. The lowest BCUT2D eigenvalue weighted by Gasteiger charge is -2.13. The zero-order valence-corrected chi connectivity index (χ0v) is 12.9. The third-order valence-corrected chi connectivity index (χ3v) is 3.41. The van der Waals surface area contributed by atoms with E-state index in [1.807, 2.05) is 51.1 Å². The van der Waals surface area contributed by atoms with Gasteiger partial charge in [0.2, 0.25) is 5.78 Å². The molecular formula is C18H20O3. The molecule has 0 heterocycles. The molecule has 0 saturated carbocycles. The Hall–Kier alpha value is -2.29. The van der Waals surface area contributed by atoms with Crippen molar-refractivity contribution in [2.45, 2.75) is 20.8 Å². The summed E-state index contributed by atoms with van der Waals surface area (Å²) in [6.07, 6.45) is 0. The van der Waals surface area contributed by atoms with Gasteiger partial charge >= 0.3 is 0 Å². The molecule has 0 atom stereocenters. The van der Waals surface area contributed by atoms with Gasteiger partial charge in [-0.15, -0.1) is 0 Å². The highest BCUT2D eigenvalue weighted by atomic mass is 16.5. The van der Waals surface area contributed by atoms with Crippen LogP contribution in [0.15, 0.2) is 36.4 Å². The summed E-state index contributed by atoms with van der Waals surface area (Å²) in [5.41, 5.74) is 3.66. The lowest BCUT2D eigenvalue weighted by atomic mass is 10.1. The monoisotopic (exact) mass is 284 g/mol. The van der Waals surface area contributed by atoms with Gasteiger partial charge in [0.1, 0.15) is 11.5 Å². The van der Waals surface area contributed by atoms with Crippen LogP contribution in [0.1, 0.15) is 27.0 Å². The van der Waals surface area contributed by atoms with E-state index in [2.05, 4.69) is 0 Å². The molecule has 0 saturated heterocycles. The molecule has 110 valence electrons. The van der Waals surface area contributed by atoms with E-state index >= 15 is 0 Å². The van der Waals surface area contributed by atoms with Gasteiger partial charge in [-0.1, -0.05) is 24.3 Å². The molecule has 0 N–H and O–H groups in total. The van der Waals surface area contributed by atoms with E-state index in [1.165, 1.54) is 0 Å². The van der Waals surface area contributed by atoms with E-state index in [9.17, 15) is 4.79 Å². The molecule has 0 aliphatic heterocycles. The first-order valence-electron chi connectivity index (χ1n) is 6.89. The van der Waals surface area contributed by atoms with Crippen LogP contribution in [0, 0.1) is 20.8 Å². The number of para-hydroxylation sites is 1. The first-order chi connectivity index (χ1) is 10.0. The number of ketones is 1. The standard InChI is InChI=1S/C18H20O3/c1-12-8-9-15(17(10-12)20-4)16(19)11-21-18-13(2)6-5-7-14(18)3/h5-10H,11H2,1-4H3. The Balaban J connectivity index is 2.16. The Labute approximate surface area is 125 Å². The lowest BCUT2D eigenvalue weighted by Crippen LogP contribution is -2.13. The first-order valence-corrected chi connectivity index (χ1v) is 6.89. The molecule has 0 radical (unpaired) electrons. The quantitative estimate of drug-likeness (QED) is 0.782. The lowest BCUT2D eigenvalue weighted by molar-refractivity contribution is 0.0917. The largest absolute Gasteiger partial charge is 0.496 e. The zero-order chi connectivity index (χ0) is 15.4. The molecule has 2 rings (SSSR count). The maximum atomic E-state index is 12.3. The molecule has 0 unspecified atom stereocenters. The van der Waals surface area contributed by atoms with Gasteiger partial charge in [-0.05, 0) is 49.6 Å². The fraction of sp³-hybridized carbons (Fsp3) is 0.278. The molecule has 0 amide bonds. The number of methoxy groups -OCH3 is 1. The summed E-state index contributed by atoms with van der Waals surface area (Å²) < 4.78 is 11.0. The summed E-state index contributed by atoms with van der Waals surface area (Å²) in [5.74, 6) is 1.27. The molecule has 3 nitrogen and oxygen atoms in total. The van der Waals surface area contributed by atoms with Crippen molar-refractivity contribution in [3.63, 3.8) is 0 Å². The van der Waals surface area contributed by atoms with Crippen LogP contribution in [0.2, 0.25) is 0 Å². The van der Waals surface area contributed by atoms with Gasteiger partial charge in [0.25, 0.3) is 0 Å². The number of hydrogen-bond donors (Lipinski definition) is 0. The second kappa shape index (κ2) is 6.44. The van der Waals surface area contributed by atoms with E-state index in [0.717, 1.165) is 22.4 Å². The Bertz CT molecular complexity index is 639. The van der Waals surface area contributed by atoms with Crippen LogP contribution in [-0.4, -0.2) is 19.5 Å². The fourth-order valence-corrected chi connectivity index (χ4v) is 2.27. The number of ether oxygens (including phenoxy) is 2. The van der Waals surface area contributed by atoms with Crippen molar-refractivity contribution < 1.29 is 14.3 Å². The third kappa shape index (κ3) is 3.43. The second-order valence-electron chi connectivity index (χ2n) is 5.14. The first kappa shape index (κ1) is 15.1. The summed E-state index contributed by atoms with van der Waals surface area (Å²) in [6, 6.07) is 11.5. The number of rotatable bonds is 5. The van der Waals surface area contributed by atoms with Gasteiger partial charge < -0.3 is 9.47 Å². The summed E-state index contributed by atoms with van der Waals surface area (Å²) >= 11 is 0. The second-order valence-corrected chi connectivity index (χ2v) is 5.14. The van der Waals surface area contributed by atoms with Crippen LogP contribution in [0.25, 0.3) is 0 Å². The summed E-state index contributed by atoms with van der Waals surface area (Å²) in [6.45, 7) is 5.91. The van der Waals surface area contributed by atoms with Gasteiger partial charge in [0.15, 0.2) is 6.61 Å². The molecule has 0 aliphatic carbocycles. The Morgan fingerprint density at radius 1 is 1.05 bits per heavy atom. The Morgan fingerprint density at radius 2 is 1.71 bits per heavy atom. The van der Waals surface area contributed by atoms with Crippen molar-refractivity contribution in [3.8, 4) is 11.5 Å². The fourth-order valence-electron chi connectivity index (χ4n) is 2.27. The van der Waals surface area contributed by atoms with Crippen LogP contribution >= 0.6 is 0 Å². The predicted octanol–water partition coefficient (Wildman–Crippen LogP) is 3.88. The summed E-state index contributed by atoms with van der Waals surface area (Å²) in [5, 5.41) is 0. The van der Waals surface area contributed by atoms with Gasteiger partial charge in [-0.25, -0.2) is 0 Å². The third-order valence-electron chi connectivity index (χ3n) is 3.41. The van der Waals surface area contributed by atoms with Gasteiger partial charge in [-0.3, -0.25) is 4.79 Å². The van der Waals surface area contributed by atoms with Crippen molar-refractivity contribution in [2.75, 3.05) is 13.7 Å². The molecule has 0 aliphatic rings. The van der Waals surface area contributed by atoms with Crippen LogP contribution < -0.4 is 9.47 Å². The van der Waals surface area contributed by atoms with E-state index < -0.39 is 0 Å². The predicted molar refractivity (Wildman–Crippen MR) is 83.5 cm³/mol. The highest BCUT2D eigenvalue weighted by Gasteiger charge is 2.14. The van der Waals surface area contributed by atoms with Gasteiger partial charge in [-0.2, -0.15) is 0 Å². The average Bonchev–Trinajstić information content (AvgIpc) is 2.46. The van der Waals surface area contributed by atoms with Crippen molar-refractivity contribution in [2.24, 2.45) is 0 Å². The number of hydrogen-bond acceptors (Lipinski definition) is 3. The topological polar surface area (TPSA) is 35.5 Å². The van der Waals surface area contributed by atoms with Crippen molar-refractivity contribution in [3.05, 3.63) is 58.7 Å². The van der Waals surface area contributed by atoms with Crippen molar-refractivity contribution in [1.82, 2.24) is 0 Å². The average molecular weight is 284 g/mol. The minimum atomic E-state index is -0.0884. The van der Waals surface area contributed by atoms with Crippen LogP contribution in [-0.2, 0) is 0 Å². The number of carbonyl (C=O) groups excluding carboxylic acids is 1. The summed E-state index contributed by atoms with van der Waals surface area (Å²) in [4.78, 5) is 12.3. The minimum absolute atomic E-state index is 0.00507. The highest BCUT2D eigenvalue weighted by molar-refractivity contribution is 5.99. The van der Waals surface area contributed by atoms with Crippen LogP contribution in [0.4, 0.5) is 0 Å². The number of carbonyl (C=O) groups is 1. The minimum Gasteiger partial charge on any atom is -0.496 e. The van der Waals surface area contributed by atoms with E-state index in [4.69, 9.17) is 9.47 Å². The van der Waals surface area contributed by atoms with Crippen LogP contribution in [0.5, 0.6) is 11.5 Å². The van der Waals surface area contributed by atoms with Crippen LogP contribution in [0.3, 0.4) is 0 Å². The van der Waals surface area contributed by atoms with E-state index in [0.29, 0.717) is 11.3 Å². The summed E-state index contributed by atoms with van der Waals surface area (Å²) in [7, 11) is 1.57. The van der Waals surface area contributed by atoms with Crippen molar-refractivity contribution >= 4 is 5.78 Å². The molecule has 2 aromatic carbocycles. The Morgan fingerprint density at radius 3 is 2.33 bits per heavy atom. The Kier molecular flexibility index (Phi) is 4.63. The maximum absolute atomic E-state index is 12.3. The molecule has 0 fully saturated rings. The number of benzene rings is 2. The molecule has 2 aromatic rings. The number of aryl methyl sites for hydroxylation is 3. The SMILES string of the molecule is COc1cc(C)ccc1C(=O)COc1c(C)cccc1C. The molecule has 21 heavy (non-hydrogen) atoms. The molecule has 3 heteroatoms. The molecule has 0 aromatic heterocycles. The van der Waals surface area contributed by atoms with Crippen molar-refractivity contribution in [1.29, 1.82) is 0 Å². The molecular weight excluding hydrogens is 264 g/mol. The van der Waals surface area contributed by atoms with E-state index in [1.54, 1.807) is 13.2 Å². The normalized spacial score (nSPS) is 10.3. The molecule has 0 spiro atoms.